The fraction of sp³-hybridized carbons (Fsp3) is 0.316. The van der Waals surface area contributed by atoms with Crippen LogP contribution in [0.1, 0.15) is 11.3 Å². The molecule has 0 atom stereocenters. The maximum Gasteiger partial charge on any atom is 0.243 e. The number of nitrogens with zero attached hydrogens (tertiary/aromatic N) is 5. The minimum absolute atomic E-state index is 0.317. The maximum atomic E-state index is 13.1. The smallest absolute Gasteiger partial charge is 0.243 e. The average Bonchev–Trinajstić information content (AvgIpc) is 3.15. The largest absolute Gasteiger partial charge is 0.356 e. The summed E-state index contributed by atoms with van der Waals surface area (Å²) in [7, 11) is -3.57. The molecule has 3 aromatic rings. The van der Waals surface area contributed by atoms with Crippen LogP contribution >= 0.6 is 0 Å². The van der Waals surface area contributed by atoms with E-state index in [2.05, 4.69) is 15.1 Å². The fourth-order valence-corrected chi connectivity index (χ4v) is 4.94. The van der Waals surface area contributed by atoms with Crippen LogP contribution in [-0.2, 0) is 10.0 Å². The Morgan fingerprint density at radius 3 is 2.32 bits per heavy atom. The lowest BCUT2D eigenvalue weighted by atomic mass is 10.1. The second-order valence-electron chi connectivity index (χ2n) is 6.75. The highest BCUT2D eigenvalue weighted by atomic mass is 32.2. The summed E-state index contributed by atoms with van der Waals surface area (Å²) in [5.74, 6) is 1.25. The minimum atomic E-state index is -3.57. The SMILES string of the molecule is Cc1cc(-c2ccc(S(=O)(=O)N3CCN(c4ncccn4)CC3)c(C)c2)on1. The Balaban J connectivity index is 1.52. The summed E-state index contributed by atoms with van der Waals surface area (Å²) in [4.78, 5) is 10.8. The summed E-state index contributed by atoms with van der Waals surface area (Å²) in [5, 5.41) is 3.88. The van der Waals surface area contributed by atoms with E-state index in [1.807, 2.05) is 24.0 Å². The number of piperazine rings is 1. The molecule has 3 heterocycles. The Hall–Kier alpha value is -2.78. The van der Waals surface area contributed by atoms with Crippen molar-refractivity contribution in [2.45, 2.75) is 18.7 Å². The molecule has 0 radical (unpaired) electrons. The van der Waals surface area contributed by atoms with E-state index in [-0.39, 0.29) is 0 Å². The van der Waals surface area contributed by atoms with Gasteiger partial charge in [-0.25, -0.2) is 18.4 Å². The van der Waals surface area contributed by atoms with Crippen molar-refractivity contribution in [2.75, 3.05) is 31.1 Å². The van der Waals surface area contributed by atoms with Crippen LogP contribution in [0.2, 0.25) is 0 Å². The predicted molar refractivity (Wildman–Crippen MR) is 104 cm³/mol. The number of anilines is 1. The molecule has 0 unspecified atom stereocenters. The van der Waals surface area contributed by atoms with Gasteiger partial charge in [-0.05, 0) is 43.7 Å². The van der Waals surface area contributed by atoms with Crippen LogP contribution in [0.5, 0.6) is 0 Å². The highest BCUT2D eigenvalue weighted by Gasteiger charge is 2.30. The Bertz CT molecular complexity index is 1070. The number of hydrogen-bond acceptors (Lipinski definition) is 7. The third-order valence-corrected chi connectivity index (χ3v) is 6.84. The van der Waals surface area contributed by atoms with Crippen LogP contribution in [0.25, 0.3) is 11.3 Å². The van der Waals surface area contributed by atoms with E-state index in [4.69, 9.17) is 4.52 Å². The molecule has 28 heavy (non-hydrogen) atoms. The van der Waals surface area contributed by atoms with Crippen molar-refractivity contribution in [3.8, 4) is 11.3 Å². The first-order chi connectivity index (χ1) is 13.4. The van der Waals surface area contributed by atoms with E-state index in [0.29, 0.717) is 48.3 Å². The molecule has 0 spiro atoms. The summed E-state index contributed by atoms with van der Waals surface area (Å²) in [6.07, 6.45) is 3.37. The minimum Gasteiger partial charge on any atom is -0.356 e. The first-order valence-corrected chi connectivity index (χ1v) is 10.5. The van der Waals surface area contributed by atoms with Gasteiger partial charge in [0.15, 0.2) is 5.76 Å². The van der Waals surface area contributed by atoms with Gasteiger partial charge in [-0.3, -0.25) is 0 Å². The molecule has 146 valence electrons. The van der Waals surface area contributed by atoms with Gasteiger partial charge in [0.2, 0.25) is 16.0 Å². The molecule has 0 bridgehead atoms. The molecular weight excluding hydrogens is 378 g/mol. The van der Waals surface area contributed by atoms with Crippen molar-refractivity contribution in [3.63, 3.8) is 0 Å². The van der Waals surface area contributed by atoms with Crippen LogP contribution < -0.4 is 4.90 Å². The molecule has 8 nitrogen and oxygen atoms in total. The summed E-state index contributed by atoms with van der Waals surface area (Å²) >= 11 is 0. The quantitative estimate of drug-likeness (QED) is 0.664. The summed E-state index contributed by atoms with van der Waals surface area (Å²) in [6.45, 7) is 5.54. The van der Waals surface area contributed by atoms with Crippen molar-refractivity contribution < 1.29 is 12.9 Å². The average molecular weight is 399 g/mol. The number of aryl methyl sites for hydroxylation is 2. The van der Waals surface area contributed by atoms with Gasteiger partial charge in [0.1, 0.15) is 0 Å². The van der Waals surface area contributed by atoms with Crippen LogP contribution in [0.15, 0.2) is 52.1 Å². The molecule has 1 aliphatic rings. The Morgan fingerprint density at radius 2 is 1.71 bits per heavy atom. The van der Waals surface area contributed by atoms with Gasteiger partial charge in [0.05, 0.1) is 10.6 Å². The third kappa shape index (κ3) is 3.50. The normalized spacial score (nSPS) is 15.7. The summed E-state index contributed by atoms with van der Waals surface area (Å²) in [6, 6.07) is 8.81. The fourth-order valence-electron chi connectivity index (χ4n) is 3.31. The van der Waals surface area contributed by atoms with Crippen molar-refractivity contribution in [3.05, 3.63) is 54.0 Å². The van der Waals surface area contributed by atoms with Crippen molar-refractivity contribution in [1.29, 1.82) is 0 Å². The van der Waals surface area contributed by atoms with Gasteiger partial charge >= 0.3 is 0 Å². The second-order valence-corrected chi connectivity index (χ2v) is 8.66. The first kappa shape index (κ1) is 18.6. The second kappa shape index (κ2) is 7.33. The predicted octanol–water partition coefficient (Wildman–Crippen LogP) is 2.26. The molecule has 0 N–H and O–H groups in total. The lowest BCUT2D eigenvalue weighted by molar-refractivity contribution is 0.382. The molecule has 9 heteroatoms. The zero-order chi connectivity index (χ0) is 19.7. The van der Waals surface area contributed by atoms with E-state index in [1.165, 1.54) is 4.31 Å². The third-order valence-electron chi connectivity index (χ3n) is 4.78. The van der Waals surface area contributed by atoms with Crippen LogP contribution in [0.4, 0.5) is 5.95 Å². The van der Waals surface area contributed by atoms with Crippen molar-refractivity contribution >= 4 is 16.0 Å². The van der Waals surface area contributed by atoms with E-state index in [0.717, 1.165) is 11.3 Å². The summed E-state index contributed by atoms with van der Waals surface area (Å²) in [5.41, 5.74) is 2.27. The molecule has 0 amide bonds. The van der Waals surface area contributed by atoms with Gasteiger partial charge in [0.25, 0.3) is 0 Å². The Labute approximate surface area is 163 Å². The van der Waals surface area contributed by atoms with Crippen LogP contribution in [-0.4, -0.2) is 54.0 Å². The molecule has 1 saturated heterocycles. The first-order valence-electron chi connectivity index (χ1n) is 9.01. The zero-order valence-corrected chi connectivity index (χ0v) is 16.6. The Morgan fingerprint density at radius 1 is 1.00 bits per heavy atom. The molecule has 1 aromatic carbocycles. The van der Waals surface area contributed by atoms with Crippen LogP contribution in [0.3, 0.4) is 0 Å². The molecule has 0 aliphatic carbocycles. The van der Waals surface area contributed by atoms with Gasteiger partial charge < -0.3 is 9.42 Å². The van der Waals surface area contributed by atoms with E-state index < -0.39 is 10.0 Å². The van der Waals surface area contributed by atoms with Crippen LogP contribution in [0, 0.1) is 13.8 Å². The Kier molecular flexibility index (Phi) is 4.86. The van der Waals surface area contributed by atoms with E-state index >= 15 is 0 Å². The number of aromatic nitrogens is 3. The van der Waals surface area contributed by atoms with Gasteiger partial charge in [0, 0.05) is 50.2 Å². The topological polar surface area (TPSA) is 92.4 Å². The number of hydrogen-bond donors (Lipinski definition) is 0. The number of rotatable bonds is 4. The van der Waals surface area contributed by atoms with Gasteiger partial charge in [-0.1, -0.05) is 5.16 Å². The lowest BCUT2D eigenvalue weighted by Crippen LogP contribution is -2.49. The summed E-state index contributed by atoms with van der Waals surface area (Å²) < 4.78 is 33.1. The molecule has 2 aromatic heterocycles. The highest BCUT2D eigenvalue weighted by Crippen LogP contribution is 2.27. The number of benzene rings is 1. The molecule has 1 aliphatic heterocycles. The molecular formula is C19H21N5O3S. The van der Waals surface area contributed by atoms with Crippen molar-refractivity contribution in [1.82, 2.24) is 19.4 Å². The van der Waals surface area contributed by atoms with Crippen molar-refractivity contribution in [2.24, 2.45) is 0 Å². The molecule has 4 rings (SSSR count). The monoisotopic (exact) mass is 399 g/mol. The lowest BCUT2D eigenvalue weighted by Gasteiger charge is -2.34. The van der Waals surface area contributed by atoms with E-state index in [1.54, 1.807) is 37.5 Å². The molecule has 0 saturated carbocycles. The standard InChI is InChI=1S/C19H21N5O3S/c1-14-12-16(17-13-15(2)22-27-17)4-5-18(14)28(25,26)24-10-8-23(9-11-24)19-20-6-3-7-21-19/h3-7,12-13H,8-11H2,1-2H3. The van der Waals surface area contributed by atoms with E-state index in [9.17, 15) is 8.42 Å². The molecule has 1 fully saturated rings. The zero-order valence-electron chi connectivity index (χ0n) is 15.7. The maximum absolute atomic E-state index is 13.1. The van der Waals surface area contributed by atoms with Gasteiger partial charge in [-0.15, -0.1) is 0 Å². The number of sulfonamides is 1. The van der Waals surface area contributed by atoms with Gasteiger partial charge in [-0.2, -0.15) is 4.31 Å². The highest BCUT2D eigenvalue weighted by molar-refractivity contribution is 7.89.